The summed E-state index contributed by atoms with van der Waals surface area (Å²) in [5, 5.41) is 16.6. The average Bonchev–Trinajstić information content (AvgIpc) is 3.12. The predicted molar refractivity (Wildman–Crippen MR) is 123 cm³/mol. The van der Waals surface area contributed by atoms with Gasteiger partial charge in [0.1, 0.15) is 5.82 Å². The van der Waals surface area contributed by atoms with Gasteiger partial charge in [-0.3, -0.25) is 9.59 Å². The molecule has 1 amide bonds. The molecule has 1 aromatic heterocycles. The SMILES string of the molecule is O=C(NCCc1ccccc1)[C@H]1[C@H](CO)[C@H]2Cn3c(ccc(-c4cccc(F)c4)c3=O)[C@@H]1N2. The smallest absolute Gasteiger partial charge is 0.258 e. The van der Waals surface area contributed by atoms with Crippen LogP contribution in [0.4, 0.5) is 4.39 Å². The molecule has 0 spiro atoms. The van der Waals surface area contributed by atoms with Crippen molar-refractivity contribution in [3.8, 4) is 11.1 Å². The zero-order chi connectivity index (χ0) is 22.9. The maximum Gasteiger partial charge on any atom is 0.258 e. The largest absolute Gasteiger partial charge is 0.396 e. The van der Waals surface area contributed by atoms with Gasteiger partial charge < -0.3 is 20.3 Å². The molecule has 1 fully saturated rings. The second kappa shape index (κ2) is 8.92. The first-order valence-corrected chi connectivity index (χ1v) is 11.2. The van der Waals surface area contributed by atoms with Gasteiger partial charge in [-0.15, -0.1) is 0 Å². The Hall–Kier alpha value is -3.29. The van der Waals surface area contributed by atoms with Crippen LogP contribution in [0, 0.1) is 17.7 Å². The number of amides is 1. The number of hydrogen-bond acceptors (Lipinski definition) is 4. The first kappa shape index (κ1) is 21.6. The lowest BCUT2D eigenvalue weighted by atomic mass is 9.86. The monoisotopic (exact) mass is 447 g/mol. The number of nitrogens with one attached hydrogen (secondary N) is 2. The van der Waals surface area contributed by atoms with E-state index in [1.165, 1.54) is 12.1 Å². The van der Waals surface area contributed by atoms with Crippen molar-refractivity contribution in [3.05, 3.63) is 94.2 Å². The van der Waals surface area contributed by atoms with Crippen molar-refractivity contribution in [2.45, 2.75) is 25.0 Å². The molecule has 33 heavy (non-hydrogen) atoms. The first-order valence-electron chi connectivity index (χ1n) is 11.2. The standard InChI is InChI=1S/C26H26FN3O3/c27-18-8-4-7-17(13-18)19-9-10-22-24-23(20(15-31)21(29-24)14-30(22)26(19)33)25(32)28-12-11-16-5-2-1-3-6-16/h1-10,13,20-21,23-24,29,31H,11-12,14-15H2,(H,28,32)/t20-,21-,23+,24+/m1/s1. The molecule has 7 heteroatoms. The van der Waals surface area contributed by atoms with Crippen molar-refractivity contribution < 1.29 is 14.3 Å². The number of fused-ring (bicyclic) bond motifs is 4. The van der Waals surface area contributed by atoms with Gasteiger partial charge in [-0.1, -0.05) is 42.5 Å². The molecule has 6 nitrogen and oxygen atoms in total. The predicted octanol–water partition coefficient (Wildman–Crippen LogP) is 2.26. The Balaban J connectivity index is 1.40. The Kier molecular flexibility index (Phi) is 5.83. The van der Waals surface area contributed by atoms with E-state index in [0.29, 0.717) is 24.2 Å². The highest BCUT2D eigenvalue weighted by atomic mass is 19.1. The summed E-state index contributed by atoms with van der Waals surface area (Å²) in [6.07, 6.45) is 0.720. The van der Waals surface area contributed by atoms with Gasteiger partial charge in [-0.2, -0.15) is 0 Å². The van der Waals surface area contributed by atoms with E-state index in [0.717, 1.165) is 17.7 Å². The van der Waals surface area contributed by atoms with Gasteiger partial charge in [0.05, 0.1) is 12.0 Å². The molecule has 2 bridgehead atoms. The number of aromatic nitrogens is 1. The number of pyridine rings is 1. The van der Waals surface area contributed by atoms with Crippen molar-refractivity contribution in [1.29, 1.82) is 0 Å². The lowest BCUT2D eigenvalue weighted by Gasteiger charge is -2.28. The van der Waals surface area contributed by atoms with Crippen LogP contribution >= 0.6 is 0 Å². The third kappa shape index (κ3) is 3.98. The number of halogens is 1. The third-order valence-electron chi connectivity index (χ3n) is 6.84. The molecule has 4 atom stereocenters. The molecule has 3 heterocycles. The summed E-state index contributed by atoms with van der Waals surface area (Å²) in [6.45, 7) is 0.706. The van der Waals surface area contributed by atoms with E-state index in [4.69, 9.17) is 0 Å². The Morgan fingerprint density at radius 3 is 2.70 bits per heavy atom. The van der Waals surface area contributed by atoms with Crippen molar-refractivity contribution >= 4 is 5.91 Å². The molecule has 2 aromatic carbocycles. The van der Waals surface area contributed by atoms with E-state index < -0.39 is 11.7 Å². The summed E-state index contributed by atoms with van der Waals surface area (Å²) in [5.74, 6) is -1.31. The molecular formula is C26H26FN3O3. The van der Waals surface area contributed by atoms with Gasteiger partial charge >= 0.3 is 0 Å². The minimum Gasteiger partial charge on any atom is -0.396 e. The lowest BCUT2D eigenvalue weighted by Crippen LogP contribution is -2.43. The van der Waals surface area contributed by atoms with Crippen LogP contribution in [0.2, 0.25) is 0 Å². The second-order valence-electron chi connectivity index (χ2n) is 8.75. The highest BCUT2D eigenvalue weighted by molar-refractivity contribution is 5.80. The van der Waals surface area contributed by atoms with Crippen LogP contribution in [0.3, 0.4) is 0 Å². The zero-order valence-electron chi connectivity index (χ0n) is 18.1. The van der Waals surface area contributed by atoms with E-state index in [1.54, 1.807) is 22.8 Å². The zero-order valence-corrected chi connectivity index (χ0v) is 18.1. The quantitative estimate of drug-likeness (QED) is 0.541. The van der Waals surface area contributed by atoms with Crippen LogP contribution in [0.1, 0.15) is 17.3 Å². The molecule has 3 aromatic rings. The molecule has 0 aliphatic carbocycles. The molecular weight excluding hydrogens is 421 g/mol. The minimum absolute atomic E-state index is 0.125. The van der Waals surface area contributed by atoms with E-state index in [9.17, 15) is 19.1 Å². The Morgan fingerprint density at radius 1 is 1.12 bits per heavy atom. The highest BCUT2D eigenvalue weighted by Crippen LogP contribution is 2.41. The van der Waals surface area contributed by atoms with Crippen LogP contribution in [0.5, 0.6) is 0 Å². The Labute approximate surface area is 191 Å². The summed E-state index contributed by atoms with van der Waals surface area (Å²) in [5.41, 5.74) is 2.59. The average molecular weight is 448 g/mol. The maximum atomic E-state index is 13.7. The van der Waals surface area contributed by atoms with Crippen molar-refractivity contribution in [1.82, 2.24) is 15.2 Å². The first-order chi connectivity index (χ1) is 16.1. The normalized spacial score (nSPS) is 23.2. The summed E-state index contributed by atoms with van der Waals surface area (Å²) >= 11 is 0. The number of benzene rings is 2. The number of hydrogen-bond donors (Lipinski definition) is 3. The molecule has 0 unspecified atom stereocenters. The van der Waals surface area contributed by atoms with Crippen LogP contribution < -0.4 is 16.2 Å². The number of carbonyl (C=O) groups is 1. The van der Waals surface area contributed by atoms with Gasteiger partial charge in [0.25, 0.3) is 5.56 Å². The Morgan fingerprint density at radius 2 is 1.94 bits per heavy atom. The number of rotatable bonds is 6. The van der Waals surface area contributed by atoms with E-state index in [2.05, 4.69) is 10.6 Å². The van der Waals surface area contributed by atoms with Crippen LogP contribution in [0.25, 0.3) is 11.1 Å². The maximum absolute atomic E-state index is 13.7. The van der Waals surface area contributed by atoms with E-state index >= 15 is 0 Å². The van der Waals surface area contributed by atoms with Gasteiger partial charge in [0, 0.05) is 42.9 Å². The minimum atomic E-state index is -0.482. The summed E-state index contributed by atoms with van der Waals surface area (Å²) in [4.78, 5) is 26.5. The van der Waals surface area contributed by atoms with E-state index in [-0.39, 0.29) is 36.1 Å². The number of aliphatic hydroxyl groups excluding tert-OH is 1. The molecule has 3 N–H and O–H groups in total. The number of aliphatic hydroxyl groups is 1. The molecule has 2 aliphatic rings. The second-order valence-corrected chi connectivity index (χ2v) is 8.75. The Bertz CT molecular complexity index is 1230. The highest BCUT2D eigenvalue weighted by Gasteiger charge is 2.50. The molecule has 2 aliphatic heterocycles. The fraction of sp³-hybridized carbons (Fsp3) is 0.308. The lowest BCUT2D eigenvalue weighted by molar-refractivity contribution is -0.127. The summed E-state index contributed by atoms with van der Waals surface area (Å²) < 4.78 is 15.4. The van der Waals surface area contributed by atoms with Crippen LogP contribution in [0.15, 0.2) is 71.5 Å². The molecule has 5 rings (SSSR count). The van der Waals surface area contributed by atoms with E-state index in [1.807, 2.05) is 36.4 Å². The van der Waals surface area contributed by atoms with Crippen molar-refractivity contribution in [3.63, 3.8) is 0 Å². The van der Waals surface area contributed by atoms with Crippen LogP contribution in [-0.2, 0) is 17.8 Å². The fourth-order valence-electron chi connectivity index (χ4n) is 5.22. The van der Waals surface area contributed by atoms with Gasteiger partial charge in [0.15, 0.2) is 0 Å². The molecule has 1 saturated heterocycles. The summed E-state index contributed by atoms with van der Waals surface area (Å²) in [6, 6.07) is 18.9. The number of carbonyl (C=O) groups excluding carboxylic acids is 1. The number of nitrogens with zero attached hydrogens (tertiary/aromatic N) is 1. The third-order valence-corrected chi connectivity index (χ3v) is 6.84. The van der Waals surface area contributed by atoms with Gasteiger partial charge in [-0.25, -0.2) is 4.39 Å². The topological polar surface area (TPSA) is 83.4 Å². The van der Waals surface area contributed by atoms with Crippen molar-refractivity contribution in [2.75, 3.05) is 13.2 Å². The van der Waals surface area contributed by atoms with Crippen molar-refractivity contribution in [2.24, 2.45) is 11.8 Å². The van der Waals surface area contributed by atoms with Crippen LogP contribution in [-0.4, -0.2) is 34.8 Å². The molecule has 170 valence electrons. The molecule has 0 saturated carbocycles. The fourth-order valence-corrected chi connectivity index (χ4v) is 5.22. The van der Waals surface area contributed by atoms with Gasteiger partial charge in [-0.05, 0) is 41.8 Å². The van der Waals surface area contributed by atoms with Gasteiger partial charge in [0.2, 0.25) is 5.91 Å². The molecule has 0 radical (unpaired) electrons. The summed E-state index contributed by atoms with van der Waals surface area (Å²) in [7, 11) is 0.